The highest BCUT2D eigenvalue weighted by atomic mass is 79.9. The summed E-state index contributed by atoms with van der Waals surface area (Å²) in [4.78, 5) is 15.6. The summed E-state index contributed by atoms with van der Waals surface area (Å²) in [6.45, 7) is 0.733. The van der Waals surface area contributed by atoms with E-state index in [4.69, 9.17) is 5.73 Å². The van der Waals surface area contributed by atoms with Crippen LogP contribution in [0.3, 0.4) is 0 Å². The van der Waals surface area contributed by atoms with Gasteiger partial charge in [-0.1, -0.05) is 0 Å². The van der Waals surface area contributed by atoms with Crippen LogP contribution in [0.1, 0.15) is 25.3 Å². The number of hydrogen-bond acceptors (Lipinski definition) is 4. The van der Waals surface area contributed by atoms with Gasteiger partial charge in [0.25, 0.3) is 0 Å². The van der Waals surface area contributed by atoms with Crippen molar-refractivity contribution in [1.29, 1.82) is 0 Å². The zero-order valence-corrected chi connectivity index (χ0v) is 9.70. The lowest BCUT2D eigenvalue weighted by molar-refractivity contribution is -0.124. The summed E-state index contributed by atoms with van der Waals surface area (Å²) in [6.07, 6.45) is 2.77. The van der Waals surface area contributed by atoms with Gasteiger partial charge in [0.15, 0.2) is 4.73 Å². The highest BCUT2D eigenvalue weighted by molar-refractivity contribution is 9.10. The maximum Gasteiger partial charge on any atom is 0.244 e. The maximum absolute atomic E-state index is 11.7. The molecule has 7 heteroatoms. The number of carbonyl (C=O) groups is 1. The largest absolute Gasteiger partial charge is 0.366 e. The van der Waals surface area contributed by atoms with Crippen LogP contribution in [0.4, 0.5) is 5.95 Å². The van der Waals surface area contributed by atoms with Crippen molar-refractivity contribution < 1.29 is 4.79 Å². The first-order chi connectivity index (χ1) is 7.18. The first-order valence-electron chi connectivity index (χ1n) is 4.83. The molecule has 2 rings (SSSR count). The molecule has 82 valence electrons. The molecule has 0 radical (unpaired) electrons. The molecular weight excluding hydrogens is 262 g/mol. The van der Waals surface area contributed by atoms with Crippen LogP contribution in [0.15, 0.2) is 4.73 Å². The molecule has 2 heterocycles. The molecule has 1 unspecified atom stereocenters. The van der Waals surface area contributed by atoms with Gasteiger partial charge >= 0.3 is 0 Å². The van der Waals surface area contributed by atoms with Crippen molar-refractivity contribution in [2.75, 3.05) is 12.3 Å². The van der Waals surface area contributed by atoms with E-state index in [0.29, 0.717) is 4.73 Å². The third-order valence-electron chi connectivity index (χ3n) is 2.41. The van der Waals surface area contributed by atoms with Crippen molar-refractivity contribution in [3.8, 4) is 0 Å². The number of halogens is 1. The van der Waals surface area contributed by atoms with E-state index >= 15 is 0 Å². The summed E-state index contributed by atoms with van der Waals surface area (Å²) in [7, 11) is 0. The predicted octanol–water partition coefficient (Wildman–Crippen LogP) is 0.464. The third kappa shape index (κ3) is 2.11. The fourth-order valence-electron chi connectivity index (χ4n) is 1.67. The van der Waals surface area contributed by atoms with Gasteiger partial charge < -0.3 is 11.1 Å². The molecule has 0 saturated carbocycles. The summed E-state index contributed by atoms with van der Waals surface area (Å²) in [6, 6.07) is -0.299. The molecule has 0 aliphatic carbocycles. The number of nitrogen functional groups attached to an aromatic ring is 1. The summed E-state index contributed by atoms with van der Waals surface area (Å²) >= 11 is 3.23. The van der Waals surface area contributed by atoms with Crippen molar-refractivity contribution in [2.45, 2.75) is 25.3 Å². The van der Waals surface area contributed by atoms with E-state index < -0.39 is 0 Å². The third-order valence-corrected chi connectivity index (χ3v) is 2.95. The second-order valence-corrected chi connectivity index (χ2v) is 4.20. The number of hydrogen-bond donors (Lipinski definition) is 2. The molecule has 1 saturated heterocycles. The fourth-order valence-corrected chi connectivity index (χ4v) is 2.18. The van der Waals surface area contributed by atoms with Gasteiger partial charge in [-0.3, -0.25) is 4.79 Å². The normalized spacial score (nSPS) is 22.2. The lowest BCUT2D eigenvalue weighted by atomic mass is 10.1. The number of nitrogens with two attached hydrogens (primary N) is 1. The molecule has 1 aliphatic rings. The molecule has 0 spiro atoms. The number of amides is 1. The Balaban J connectivity index is 2.27. The van der Waals surface area contributed by atoms with Gasteiger partial charge in [-0.25, -0.2) is 4.68 Å². The molecule has 15 heavy (non-hydrogen) atoms. The maximum atomic E-state index is 11.7. The van der Waals surface area contributed by atoms with Crippen molar-refractivity contribution in [2.24, 2.45) is 0 Å². The Morgan fingerprint density at radius 3 is 3.00 bits per heavy atom. The SMILES string of the molecule is Nc1nc(Br)n(C2CCCCNC2=O)n1. The number of nitrogens with one attached hydrogen (secondary N) is 1. The standard InChI is InChI=1S/C8H12BrN5O/c9-7-12-8(10)13-14(7)5-3-1-2-4-11-6(5)15/h5H,1-4H2,(H2,10,13)(H,11,15). The van der Waals surface area contributed by atoms with Gasteiger partial charge in [0, 0.05) is 6.54 Å². The number of anilines is 1. The molecule has 1 amide bonds. The molecule has 1 aromatic heterocycles. The summed E-state index contributed by atoms with van der Waals surface area (Å²) in [5, 5.41) is 6.84. The van der Waals surface area contributed by atoms with E-state index in [-0.39, 0.29) is 17.9 Å². The van der Waals surface area contributed by atoms with E-state index in [9.17, 15) is 4.79 Å². The molecule has 0 aromatic carbocycles. The van der Waals surface area contributed by atoms with Gasteiger partial charge in [-0.15, -0.1) is 5.10 Å². The number of rotatable bonds is 1. The Bertz CT molecular complexity index is 377. The number of aromatic nitrogens is 3. The highest BCUT2D eigenvalue weighted by Crippen LogP contribution is 2.21. The van der Waals surface area contributed by atoms with Crippen LogP contribution in [-0.2, 0) is 4.79 Å². The van der Waals surface area contributed by atoms with Crippen LogP contribution >= 0.6 is 15.9 Å². The lowest BCUT2D eigenvalue weighted by Crippen LogP contribution is -2.31. The Morgan fingerprint density at radius 2 is 2.33 bits per heavy atom. The summed E-state index contributed by atoms with van der Waals surface area (Å²) in [5.74, 6) is 0.164. The Kier molecular flexibility index (Phi) is 2.90. The van der Waals surface area contributed by atoms with Crippen molar-refractivity contribution >= 4 is 27.8 Å². The van der Waals surface area contributed by atoms with Crippen LogP contribution in [-0.4, -0.2) is 27.2 Å². The van der Waals surface area contributed by atoms with E-state index in [2.05, 4.69) is 31.3 Å². The number of carbonyl (C=O) groups excluding carboxylic acids is 1. The molecule has 1 aliphatic heterocycles. The monoisotopic (exact) mass is 273 g/mol. The van der Waals surface area contributed by atoms with E-state index in [1.807, 2.05) is 0 Å². The van der Waals surface area contributed by atoms with Gasteiger partial charge in [0.2, 0.25) is 11.9 Å². The summed E-state index contributed by atoms with van der Waals surface area (Å²) in [5.41, 5.74) is 5.47. The number of nitrogens with zero attached hydrogens (tertiary/aromatic N) is 3. The van der Waals surface area contributed by atoms with Crippen LogP contribution < -0.4 is 11.1 Å². The molecule has 6 nitrogen and oxygen atoms in total. The second kappa shape index (κ2) is 4.18. The average Bonchev–Trinajstić information content (AvgIpc) is 2.39. The van der Waals surface area contributed by atoms with E-state index in [1.54, 1.807) is 0 Å². The summed E-state index contributed by atoms with van der Waals surface area (Å²) < 4.78 is 2.04. The highest BCUT2D eigenvalue weighted by Gasteiger charge is 2.25. The minimum absolute atomic E-state index is 0.0156. The van der Waals surface area contributed by atoms with Gasteiger partial charge in [0.05, 0.1) is 0 Å². The predicted molar refractivity (Wildman–Crippen MR) is 58.0 cm³/mol. The second-order valence-electron chi connectivity index (χ2n) is 3.49. The van der Waals surface area contributed by atoms with Crippen LogP contribution in [0.25, 0.3) is 0 Å². The first-order valence-corrected chi connectivity index (χ1v) is 5.63. The Hall–Kier alpha value is -1.11. The fraction of sp³-hybridized carbons (Fsp3) is 0.625. The Labute approximate surface area is 95.4 Å². The quantitative estimate of drug-likeness (QED) is 0.779. The van der Waals surface area contributed by atoms with Gasteiger partial charge in [-0.2, -0.15) is 4.98 Å². The Morgan fingerprint density at radius 1 is 1.53 bits per heavy atom. The van der Waals surface area contributed by atoms with Crippen LogP contribution in [0.2, 0.25) is 0 Å². The van der Waals surface area contributed by atoms with Gasteiger partial charge in [0.1, 0.15) is 6.04 Å². The van der Waals surface area contributed by atoms with Crippen molar-refractivity contribution in [3.63, 3.8) is 0 Å². The zero-order valence-electron chi connectivity index (χ0n) is 8.11. The lowest BCUT2D eigenvalue weighted by Gasteiger charge is -2.13. The van der Waals surface area contributed by atoms with Crippen LogP contribution in [0.5, 0.6) is 0 Å². The molecule has 3 N–H and O–H groups in total. The minimum Gasteiger partial charge on any atom is -0.366 e. The molecule has 0 bridgehead atoms. The minimum atomic E-state index is -0.299. The molecule has 1 aromatic rings. The van der Waals surface area contributed by atoms with E-state index in [1.165, 1.54) is 4.68 Å². The molecular formula is C8H12BrN5O. The molecule has 1 atom stereocenters. The van der Waals surface area contributed by atoms with Gasteiger partial charge in [-0.05, 0) is 35.2 Å². The van der Waals surface area contributed by atoms with Crippen molar-refractivity contribution in [1.82, 2.24) is 20.1 Å². The first kappa shape index (κ1) is 10.4. The molecule has 1 fully saturated rings. The van der Waals surface area contributed by atoms with E-state index in [0.717, 1.165) is 25.8 Å². The topological polar surface area (TPSA) is 85.8 Å². The smallest absolute Gasteiger partial charge is 0.244 e. The zero-order chi connectivity index (χ0) is 10.8. The van der Waals surface area contributed by atoms with Crippen molar-refractivity contribution in [3.05, 3.63) is 4.73 Å². The van der Waals surface area contributed by atoms with Crippen LogP contribution in [0, 0.1) is 0 Å². The average molecular weight is 274 g/mol.